The minimum atomic E-state index is -0.127. The zero-order chi connectivity index (χ0) is 22.1. The Morgan fingerprint density at radius 3 is 2.55 bits per heavy atom. The maximum atomic E-state index is 12.5. The quantitative estimate of drug-likeness (QED) is 0.461. The number of hydrogen-bond donors (Lipinski definition) is 1. The number of aliphatic imine (C=N–C) groups is 1. The largest absolute Gasteiger partial charge is 0.318 e. The number of amides is 1. The zero-order valence-electron chi connectivity index (χ0n) is 18.0. The molecule has 1 aliphatic heterocycles. The number of nitrogens with one attached hydrogen (secondary N) is 1. The van der Waals surface area contributed by atoms with Crippen LogP contribution in [0.2, 0.25) is 5.02 Å². The fourth-order valence-electron chi connectivity index (χ4n) is 3.67. The molecule has 0 aliphatic carbocycles. The second kappa shape index (κ2) is 8.77. The zero-order valence-corrected chi connectivity index (χ0v) is 19.6. The first-order chi connectivity index (χ1) is 14.9. The van der Waals surface area contributed by atoms with Crippen LogP contribution in [-0.4, -0.2) is 15.6 Å². The minimum Gasteiger partial charge on any atom is -0.318 e. The highest BCUT2D eigenvalue weighted by molar-refractivity contribution is 8.18. The lowest BCUT2D eigenvalue weighted by atomic mass is 10.2. The summed E-state index contributed by atoms with van der Waals surface area (Å²) in [6, 6.07) is 16.0. The molecular weight excluding hydrogens is 426 g/mol. The predicted octanol–water partition coefficient (Wildman–Crippen LogP) is 6.51. The van der Waals surface area contributed by atoms with E-state index in [1.807, 2.05) is 36.4 Å². The molecule has 0 bridgehead atoms. The van der Waals surface area contributed by atoms with Gasteiger partial charge in [-0.05, 0) is 92.1 Å². The fourth-order valence-corrected chi connectivity index (χ4v) is 4.67. The van der Waals surface area contributed by atoms with Gasteiger partial charge in [0.2, 0.25) is 0 Å². The first kappa shape index (κ1) is 21.5. The highest BCUT2D eigenvalue weighted by Crippen LogP contribution is 2.31. The number of aryl methyl sites for hydroxylation is 3. The molecule has 1 amide bonds. The summed E-state index contributed by atoms with van der Waals surface area (Å²) in [6.45, 7) is 8.31. The maximum absolute atomic E-state index is 12.5. The predicted molar refractivity (Wildman–Crippen MR) is 132 cm³/mol. The molecule has 1 aromatic heterocycles. The summed E-state index contributed by atoms with van der Waals surface area (Å²) in [5.74, 6) is -0.127. The molecule has 0 saturated carbocycles. The van der Waals surface area contributed by atoms with Crippen LogP contribution < -0.4 is 5.32 Å². The number of amidine groups is 1. The molecule has 1 saturated heterocycles. The lowest BCUT2D eigenvalue weighted by Gasteiger charge is -2.13. The number of carbonyl (C=O) groups excluding carboxylic acids is 1. The third-order valence-corrected chi connectivity index (χ3v) is 6.54. The summed E-state index contributed by atoms with van der Waals surface area (Å²) in [5.41, 5.74) is 7.43. The Labute approximate surface area is 192 Å². The second-order valence-electron chi connectivity index (χ2n) is 7.59. The average Bonchev–Trinajstić information content (AvgIpc) is 3.22. The van der Waals surface area contributed by atoms with Gasteiger partial charge in [0.05, 0.1) is 10.6 Å². The first-order valence-corrected chi connectivity index (χ1v) is 11.4. The minimum absolute atomic E-state index is 0.127. The number of halogens is 1. The molecule has 0 unspecified atom stereocenters. The summed E-state index contributed by atoms with van der Waals surface area (Å²) in [4.78, 5) is 17.8. The van der Waals surface area contributed by atoms with Gasteiger partial charge in [-0.2, -0.15) is 0 Å². The van der Waals surface area contributed by atoms with Crippen LogP contribution in [0.5, 0.6) is 0 Å². The molecule has 3 aromatic rings. The van der Waals surface area contributed by atoms with Crippen LogP contribution in [0.4, 0.5) is 5.69 Å². The van der Waals surface area contributed by atoms with Crippen molar-refractivity contribution in [1.82, 2.24) is 9.88 Å². The van der Waals surface area contributed by atoms with Gasteiger partial charge in [-0.15, -0.1) is 0 Å². The number of benzene rings is 2. The summed E-state index contributed by atoms with van der Waals surface area (Å²) in [6.07, 6.45) is 2.92. The number of nitrogens with zero attached hydrogens (tertiary/aromatic N) is 2. The summed E-state index contributed by atoms with van der Waals surface area (Å²) in [5, 5.41) is 4.17. The van der Waals surface area contributed by atoms with Crippen molar-refractivity contribution in [3.8, 4) is 5.69 Å². The van der Waals surface area contributed by atoms with Gasteiger partial charge in [-0.3, -0.25) is 4.79 Å². The van der Waals surface area contributed by atoms with Gasteiger partial charge < -0.3 is 9.88 Å². The fraction of sp³-hybridized carbons (Fsp3) is 0.200. The van der Waals surface area contributed by atoms with Crippen LogP contribution in [0.3, 0.4) is 0 Å². The van der Waals surface area contributed by atoms with E-state index in [9.17, 15) is 4.79 Å². The molecule has 4 rings (SSSR count). The molecule has 4 nitrogen and oxygen atoms in total. The number of thioether (sulfide) groups is 1. The second-order valence-corrected chi connectivity index (χ2v) is 9.06. The SMILES string of the molecule is CCc1ccc(N=C2NC(=O)/C(=C/c3cc(C)n(-c4cc(Cl)ccc4C)c3C)S2)cc1. The normalized spacial score (nSPS) is 16.4. The van der Waals surface area contributed by atoms with Crippen LogP contribution in [0.25, 0.3) is 11.8 Å². The molecule has 158 valence electrons. The van der Waals surface area contributed by atoms with Crippen molar-refractivity contribution in [1.29, 1.82) is 0 Å². The molecule has 0 atom stereocenters. The van der Waals surface area contributed by atoms with Gasteiger partial charge >= 0.3 is 0 Å². The standard InChI is InChI=1S/C25H24ClN3OS/c1-5-18-7-10-21(11-8-18)27-25-28-24(30)23(31-25)13-19-12-16(3)29(17(19)4)22-14-20(26)9-6-15(22)2/h6-14H,5H2,1-4H3,(H,27,28,30)/b23-13-. The smallest absolute Gasteiger partial charge is 0.264 e. The third-order valence-electron chi connectivity index (χ3n) is 5.40. The number of carbonyl (C=O) groups is 1. The van der Waals surface area contributed by atoms with E-state index in [4.69, 9.17) is 11.6 Å². The van der Waals surface area contributed by atoms with Crippen LogP contribution in [0.15, 0.2) is 58.4 Å². The third kappa shape index (κ3) is 4.48. The maximum Gasteiger partial charge on any atom is 0.264 e. The highest BCUT2D eigenvalue weighted by Gasteiger charge is 2.24. The molecule has 6 heteroatoms. The molecule has 2 heterocycles. The van der Waals surface area contributed by atoms with Gasteiger partial charge in [0.25, 0.3) is 5.91 Å². The Hall–Kier alpha value is -2.76. The van der Waals surface area contributed by atoms with Gasteiger partial charge in [-0.25, -0.2) is 4.99 Å². The summed E-state index contributed by atoms with van der Waals surface area (Å²) in [7, 11) is 0. The molecular formula is C25H24ClN3OS. The lowest BCUT2D eigenvalue weighted by Crippen LogP contribution is -2.19. The monoisotopic (exact) mass is 449 g/mol. The Kier molecular flexibility index (Phi) is 6.08. The number of hydrogen-bond acceptors (Lipinski definition) is 3. The van der Waals surface area contributed by atoms with Crippen LogP contribution in [0.1, 0.15) is 35.0 Å². The van der Waals surface area contributed by atoms with E-state index in [0.29, 0.717) is 15.1 Å². The summed E-state index contributed by atoms with van der Waals surface area (Å²) < 4.78 is 2.18. The van der Waals surface area contributed by atoms with E-state index in [2.05, 4.69) is 60.8 Å². The molecule has 1 fully saturated rings. The van der Waals surface area contributed by atoms with Gasteiger partial charge in [0.15, 0.2) is 5.17 Å². The van der Waals surface area contributed by atoms with Gasteiger partial charge in [-0.1, -0.05) is 36.7 Å². The molecule has 1 N–H and O–H groups in total. The van der Waals surface area contributed by atoms with Crippen molar-refractivity contribution in [2.75, 3.05) is 0 Å². The Morgan fingerprint density at radius 2 is 1.84 bits per heavy atom. The van der Waals surface area contributed by atoms with Crippen molar-refractivity contribution in [3.63, 3.8) is 0 Å². The van der Waals surface area contributed by atoms with E-state index in [1.54, 1.807) is 0 Å². The van der Waals surface area contributed by atoms with E-state index < -0.39 is 0 Å². The first-order valence-electron chi connectivity index (χ1n) is 10.2. The van der Waals surface area contributed by atoms with Crippen molar-refractivity contribution < 1.29 is 4.79 Å². The van der Waals surface area contributed by atoms with Crippen molar-refractivity contribution in [2.45, 2.75) is 34.1 Å². The van der Waals surface area contributed by atoms with E-state index in [-0.39, 0.29) is 5.91 Å². The van der Waals surface area contributed by atoms with E-state index in [1.165, 1.54) is 17.3 Å². The van der Waals surface area contributed by atoms with E-state index >= 15 is 0 Å². The van der Waals surface area contributed by atoms with Crippen LogP contribution in [-0.2, 0) is 11.2 Å². The van der Waals surface area contributed by atoms with Crippen LogP contribution in [0, 0.1) is 20.8 Å². The number of rotatable bonds is 4. The Balaban J connectivity index is 1.64. The van der Waals surface area contributed by atoms with Gasteiger partial charge in [0.1, 0.15) is 0 Å². The molecule has 31 heavy (non-hydrogen) atoms. The van der Waals surface area contributed by atoms with Crippen LogP contribution >= 0.6 is 23.4 Å². The van der Waals surface area contributed by atoms with Crippen molar-refractivity contribution >= 4 is 46.2 Å². The van der Waals surface area contributed by atoms with Gasteiger partial charge in [0, 0.05) is 22.1 Å². The Bertz CT molecular complexity index is 1220. The highest BCUT2D eigenvalue weighted by atomic mass is 35.5. The molecule has 2 aromatic carbocycles. The molecule has 0 spiro atoms. The average molecular weight is 450 g/mol. The van der Waals surface area contributed by atoms with Crippen molar-refractivity contribution in [3.05, 3.63) is 86.5 Å². The molecule has 0 radical (unpaired) electrons. The topological polar surface area (TPSA) is 46.4 Å². The molecule has 1 aliphatic rings. The van der Waals surface area contributed by atoms with Crippen molar-refractivity contribution in [2.24, 2.45) is 4.99 Å². The van der Waals surface area contributed by atoms with E-state index in [0.717, 1.165) is 40.3 Å². The lowest BCUT2D eigenvalue weighted by molar-refractivity contribution is -0.115. The summed E-state index contributed by atoms with van der Waals surface area (Å²) >= 11 is 7.60. The number of aromatic nitrogens is 1. The Morgan fingerprint density at radius 1 is 1.10 bits per heavy atom.